The number of hydrogen-bond donors (Lipinski definition) is 5. The van der Waals surface area contributed by atoms with Crippen LogP contribution in [0.15, 0.2) is 0 Å². The third kappa shape index (κ3) is 5.20. The van der Waals surface area contributed by atoms with Crippen LogP contribution >= 0.6 is 12.6 Å². The Bertz CT molecular complexity index is 397. The molecule has 7 nitrogen and oxygen atoms in total. The van der Waals surface area contributed by atoms with E-state index in [4.69, 9.17) is 5.11 Å². The van der Waals surface area contributed by atoms with E-state index < -0.39 is 24.0 Å². The number of carbonyl (C=O) groups excluding carboxylic acids is 2. The molecule has 21 heavy (non-hydrogen) atoms. The normalized spacial score (nSPS) is 20.9. The Morgan fingerprint density at radius 2 is 2.00 bits per heavy atom. The Labute approximate surface area is 129 Å². The molecule has 3 atom stereocenters. The fourth-order valence-electron chi connectivity index (χ4n) is 2.14. The van der Waals surface area contributed by atoms with Crippen LogP contribution in [0.4, 0.5) is 0 Å². The molecule has 1 fully saturated rings. The summed E-state index contributed by atoms with van der Waals surface area (Å²) in [6, 6.07) is -2.11. The molecule has 1 saturated heterocycles. The summed E-state index contributed by atoms with van der Waals surface area (Å²) < 4.78 is 0. The van der Waals surface area contributed by atoms with Crippen LogP contribution in [0.5, 0.6) is 0 Å². The molecular weight excluding hydrogens is 294 g/mol. The highest BCUT2D eigenvalue weighted by Crippen LogP contribution is 2.08. The summed E-state index contributed by atoms with van der Waals surface area (Å²) in [5.74, 6) is -2.03. The maximum absolute atomic E-state index is 12.2. The maximum atomic E-state index is 12.2. The first-order chi connectivity index (χ1) is 9.86. The van der Waals surface area contributed by atoms with Gasteiger partial charge >= 0.3 is 5.97 Å². The predicted octanol–water partition coefficient (Wildman–Crippen LogP) is -0.622. The molecule has 0 radical (unpaired) electrons. The van der Waals surface area contributed by atoms with Crippen molar-refractivity contribution >= 4 is 30.4 Å². The molecule has 1 aliphatic rings. The van der Waals surface area contributed by atoms with Crippen molar-refractivity contribution in [2.75, 3.05) is 12.3 Å². The van der Waals surface area contributed by atoms with Crippen molar-refractivity contribution in [1.82, 2.24) is 16.0 Å². The minimum absolute atomic E-state index is 0.00991. The van der Waals surface area contributed by atoms with Gasteiger partial charge in [0.15, 0.2) is 0 Å². The Balaban J connectivity index is 2.65. The van der Waals surface area contributed by atoms with Crippen LogP contribution in [0.1, 0.15) is 26.7 Å². The number of hydrogen-bond acceptors (Lipinski definition) is 5. The van der Waals surface area contributed by atoms with Crippen molar-refractivity contribution in [3.8, 4) is 0 Å². The molecule has 3 unspecified atom stereocenters. The molecule has 1 heterocycles. The zero-order chi connectivity index (χ0) is 16.0. The SMILES string of the molecule is CC(C)C(NC(=O)C1CCCN1)C(=O)NC(CS)C(=O)O. The number of carboxylic acid groups (broad SMARTS) is 1. The van der Waals surface area contributed by atoms with Gasteiger partial charge in [0.2, 0.25) is 11.8 Å². The lowest BCUT2D eigenvalue weighted by Gasteiger charge is -2.24. The van der Waals surface area contributed by atoms with E-state index in [9.17, 15) is 14.4 Å². The highest BCUT2D eigenvalue weighted by molar-refractivity contribution is 7.80. The van der Waals surface area contributed by atoms with Crippen molar-refractivity contribution in [1.29, 1.82) is 0 Å². The van der Waals surface area contributed by atoms with Gasteiger partial charge in [0.25, 0.3) is 0 Å². The molecule has 0 spiro atoms. The molecule has 0 bridgehead atoms. The first kappa shape index (κ1) is 17.8. The molecule has 0 aromatic carbocycles. The minimum atomic E-state index is -1.15. The second-order valence-electron chi connectivity index (χ2n) is 5.46. The van der Waals surface area contributed by atoms with Crippen LogP contribution in [0.3, 0.4) is 0 Å². The average Bonchev–Trinajstić information content (AvgIpc) is 2.94. The molecule has 120 valence electrons. The molecule has 2 amide bonds. The van der Waals surface area contributed by atoms with Crippen LogP contribution in [0, 0.1) is 5.92 Å². The molecule has 0 aromatic rings. The summed E-state index contributed by atoms with van der Waals surface area (Å²) >= 11 is 3.90. The fourth-order valence-corrected chi connectivity index (χ4v) is 2.39. The lowest BCUT2D eigenvalue weighted by molar-refractivity contribution is -0.141. The summed E-state index contributed by atoms with van der Waals surface area (Å²) in [5.41, 5.74) is 0. The molecule has 1 aliphatic heterocycles. The Hall–Kier alpha value is -1.28. The van der Waals surface area contributed by atoms with E-state index in [0.717, 1.165) is 19.4 Å². The Morgan fingerprint density at radius 1 is 1.33 bits per heavy atom. The number of rotatable bonds is 7. The van der Waals surface area contributed by atoms with Crippen LogP contribution in [0.2, 0.25) is 0 Å². The molecule has 0 saturated carbocycles. The monoisotopic (exact) mass is 317 g/mol. The highest BCUT2D eigenvalue weighted by atomic mass is 32.1. The number of carbonyl (C=O) groups is 3. The van der Waals surface area contributed by atoms with Gasteiger partial charge in [0.1, 0.15) is 12.1 Å². The van der Waals surface area contributed by atoms with Crippen molar-refractivity contribution in [3.05, 3.63) is 0 Å². The van der Waals surface area contributed by atoms with E-state index in [1.807, 2.05) is 0 Å². The van der Waals surface area contributed by atoms with Gasteiger partial charge in [0.05, 0.1) is 6.04 Å². The number of nitrogens with one attached hydrogen (secondary N) is 3. The number of amides is 2. The van der Waals surface area contributed by atoms with Gasteiger partial charge in [-0.2, -0.15) is 12.6 Å². The standard InChI is InChI=1S/C13H23N3O4S/c1-7(2)10(12(18)15-9(6-21)13(19)20)16-11(17)8-4-3-5-14-8/h7-10,14,21H,3-6H2,1-2H3,(H,15,18)(H,16,17)(H,19,20). The van der Waals surface area contributed by atoms with Gasteiger partial charge in [0, 0.05) is 5.75 Å². The zero-order valence-electron chi connectivity index (χ0n) is 12.3. The molecule has 0 aromatic heterocycles. The smallest absolute Gasteiger partial charge is 0.327 e. The van der Waals surface area contributed by atoms with E-state index in [-0.39, 0.29) is 23.6 Å². The molecular formula is C13H23N3O4S. The van der Waals surface area contributed by atoms with E-state index in [1.54, 1.807) is 13.8 Å². The quantitative estimate of drug-likeness (QED) is 0.402. The number of thiol groups is 1. The second-order valence-corrected chi connectivity index (χ2v) is 5.83. The second kappa shape index (κ2) is 8.23. The summed E-state index contributed by atoms with van der Waals surface area (Å²) in [5, 5.41) is 17.1. The van der Waals surface area contributed by atoms with Crippen LogP contribution in [0.25, 0.3) is 0 Å². The Morgan fingerprint density at radius 3 is 2.43 bits per heavy atom. The largest absolute Gasteiger partial charge is 0.480 e. The van der Waals surface area contributed by atoms with E-state index >= 15 is 0 Å². The van der Waals surface area contributed by atoms with Gasteiger partial charge in [-0.05, 0) is 25.3 Å². The average molecular weight is 317 g/mol. The highest BCUT2D eigenvalue weighted by Gasteiger charge is 2.31. The molecule has 4 N–H and O–H groups in total. The summed E-state index contributed by atoms with van der Waals surface area (Å²) in [4.78, 5) is 35.2. The van der Waals surface area contributed by atoms with Gasteiger partial charge < -0.3 is 21.1 Å². The van der Waals surface area contributed by atoms with E-state index in [0.29, 0.717) is 0 Å². The summed E-state index contributed by atoms with van der Waals surface area (Å²) in [7, 11) is 0. The predicted molar refractivity (Wildman–Crippen MR) is 81.2 cm³/mol. The third-order valence-corrected chi connectivity index (χ3v) is 3.79. The third-order valence-electron chi connectivity index (χ3n) is 3.42. The zero-order valence-corrected chi connectivity index (χ0v) is 13.2. The summed E-state index contributed by atoms with van der Waals surface area (Å²) in [6.45, 7) is 4.38. The lowest BCUT2D eigenvalue weighted by Crippen LogP contribution is -2.56. The number of aliphatic carboxylic acids is 1. The summed E-state index contributed by atoms with van der Waals surface area (Å²) in [6.07, 6.45) is 1.67. The van der Waals surface area contributed by atoms with Gasteiger partial charge in [-0.25, -0.2) is 4.79 Å². The van der Waals surface area contributed by atoms with Crippen LogP contribution in [-0.4, -0.2) is 53.3 Å². The van der Waals surface area contributed by atoms with Crippen molar-refractivity contribution in [2.45, 2.75) is 44.8 Å². The van der Waals surface area contributed by atoms with Gasteiger partial charge in [-0.3, -0.25) is 9.59 Å². The number of carboxylic acids is 1. The van der Waals surface area contributed by atoms with Crippen LogP contribution in [-0.2, 0) is 14.4 Å². The fraction of sp³-hybridized carbons (Fsp3) is 0.769. The van der Waals surface area contributed by atoms with Gasteiger partial charge in [-0.15, -0.1) is 0 Å². The van der Waals surface area contributed by atoms with E-state index in [1.165, 1.54) is 0 Å². The van der Waals surface area contributed by atoms with Crippen LogP contribution < -0.4 is 16.0 Å². The maximum Gasteiger partial charge on any atom is 0.327 e. The lowest BCUT2D eigenvalue weighted by atomic mass is 10.0. The molecule has 1 rings (SSSR count). The van der Waals surface area contributed by atoms with Crippen molar-refractivity contribution in [3.63, 3.8) is 0 Å². The molecule has 8 heteroatoms. The first-order valence-corrected chi connectivity index (χ1v) is 7.67. The molecule has 0 aliphatic carbocycles. The Kier molecular flexibility index (Phi) is 6.97. The topological polar surface area (TPSA) is 108 Å². The van der Waals surface area contributed by atoms with Gasteiger partial charge in [-0.1, -0.05) is 13.8 Å². The van der Waals surface area contributed by atoms with E-state index in [2.05, 4.69) is 28.6 Å². The first-order valence-electron chi connectivity index (χ1n) is 7.04. The van der Waals surface area contributed by atoms with Crippen molar-refractivity contribution < 1.29 is 19.5 Å². The van der Waals surface area contributed by atoms with Crippen molar-refractivity contribution in [2.24, 2.45) is 5.92 Å². The minimum Gasteiger partial charge on any atom is -0.480 e.